The lowest BCUT2D eigenvalue weighted by atomic mass is 9.83. The lowest BCUT2D eigenvalue weighted by molar-refractivity contribution is 0.303. The maximum atomic E-state index is 5.65. The second-order valence-corrected chi connectivity index (χ2v) is 6.78. The average Bonchev–Trinajstić information content (AvgIpc) is 2.98. The molecule has 0 amide bonds. The van der Waals surface area contributed by atoms with E-state index in [1.165, 1.54) is 37.9 Å². The lowest BCUT2D eigenvalue weighted by Crippen LogP contribution is -2.45. The van der Waals surface area contributed by atoms with Crippen molar-refractivity contribution in [2.75, 3.05) is 5.75 Å². The summed E-state index contributed by atoms with van der Waals surface area (Å²) in [4.78, 5) is 4.78. The van der Waals surface area contributed by atoms with E-state index in [0.29, 0.717) is 5.54 Å². The van der Waals surface area contributed by atoms with E-state index >= 15 is 0 Å². The van der Waals surface area contributed by atoms with Crippen LogP contribution in [-0.2, 0) is 0 Å². The summed E-state index contributed by atoms with van der Waals surface area (Å²) in [5.41, 5.74) is 0.334. The number of thioether (sulfide) groups is 1. The first kappa shape index (κ1) is 13.1. The van der Waals surface area contributed by atoms with E-state index in [-0.39, 0.29) is 6.04 Å². The van der Waals surface area contributed by atoms with Crippen LogP contribution < -0.4 is 5.32 Å². The fourth-order valence-corrected chi connectivity index (χ4v) is 4.29. The van der Waals surface area contributed by atoms with Crippen LogP contribution in [0.25, 0.3) is 0 Å². The van der Waals surface area contributed by atoms with Crippen molar-refractivity contribution in [2.24, 2.45) is 4.99 Å². The molecule has 1 unspecified atom stereocenters. The number of nitrogens with zero attached hydrogens (tertiary/aromatic N) is 1. The summed E-state index contributed by atoms with van der Waals surface area (Å²) < 4.78 is 5.65. The third-order valence-electron chi connectivity index (χ3n) is 4.15. The van der Waals surface area contributed by atoms with Gasteiger partial charge in [-0.25, -0.2) is 0 Å². The Morgan fingerprint density at radius 2 is 2.11 bits per heavy atom. The van der Waals surface area contributed by atoms with Crippen molar-refractivity contribution in [1.82, 2.24) is 5.32 Å². The predicted molar refractivity (Wildman–Crippen MR) is 80.7 cm³/mol. The molecule has 0 radical (unpaired) electrons. The van der Waals surface area contributed by atoms with Crippen LogP contribution in [-0.4, -0.2) is 16.5 Å². The standard InChI is InChI=1S/C15H22N2OS/c1-11-6-7-13(18-11)12(2)16-14-17-15(10-19-14)8-4-3-5-9-15/h6-7,12H,3-5,8-10H2,1-2H3,(H,16,17). The maximum absolute atomic E-state index is 5.65. The Balaban J connectivity index is 1.68. The second-order valence-electron chi connectivity index (χ2n) is 5.81. The molecule has 2 heterocycles. The zero-order valence-electron chi connectivity index (χ0n) is 11.7. The number of rotatable bonds is 2. The molecular weight excluding hydrogens is 256 g/mol. The van der Waals surface area contributed by atoms with Crippen molar-refractivity contribution in [3.8, 4) is 0 Å². The summed E-state index contributed by atoms with van der Waals surface area (Å²) in [5.74, 6) is 3.09. The quantitative estimate of drug-likeness (QED) is 0.887. The number of hydrogen-bond donors (Lipinski definition) is 1. The fraction of sp³-hybridized carbons (Fsp3) is 0.667. The van der Waals surface area contributed by atoms with Gasteiger partial charge in [0.25, 0.3) is 0 Å². The second kappa shape index (κ2) is 5.23. The Bertz CT molecular complexity index is 474. The Morgan fingerprint density at radius 3 is 2.79 bits per heavy atom. The van der Waals surface area contributed by atoms with Crippen molar-refractivity contribution < 1.29 is 4.42 Å². The van der Waals surface area contributed by atoms with Gasteiger partial charge in [-0.05, 0) is 38.8 Å². The van der Waals surface area contributed by atoms with E-state index in [1.807, 2.05) is 30.8 Å². The summed E-state index contributed by atoms with van der Waals surface area (Å²) in [6, 6.07) is 4.13. The Hall–Kier alpha value is -0.900. The number of aryl methyl sites for hydroxylation is 1. The van der Waals surface area contributed by atoms with Gasteiger partial charge in [0.1, 0.15) is 17.6 Å². The first-order valence-corrected chi connectivity index (χ1v) is 8.21. The van der Waals surface area contributed by atoms with Crippen molar-refractivity contribution >= 4 is 16.9 Å². The smallest absolute Gasteiger partial charge is 0.157 e. The van der Waals surface area contributed by atoms with Crippen LogP contribution >= 0.6 is 11.8 Å². The molecule has 0 aromatic carbocycles. The lowest BCUT2D eigenvalue weighted by Gasteiger charge is -2.32. The molecule has 104 valence electrons. The normalized spacial score (nSPS) is 25.7. The third kappa shape index (κ3) is 2.83. The molecule has 2 fully saturated rings. The van der Waals surface area contributed by atoms with E-state index in [0.717, 1.165) is 16.7 Å². The Labute approximate surface area is 119 Å². The first-order chi connectivity index (χ1) is 9.17. The molecule has 2 aliphatic rings. The van der Waals surface area contributed by atoms with Crippen LogP contribution in [0, 0.1) is 6.92 Å². The number of nitrogens with one attached hydrogen (secondary N) is 1. The minimum Gasteiger partial charge on any atom is -0.464 e. The van der Waals surface area contributed by atoms with E-state index in [1.54, 1.807) is 0 Å². The molecule has 1 N–H and O–H groups in total. The molecule has 1 saturated heterocycles. The molecule has 1 atom stereocenters. The van der Waals surface area contributed by atoms with E-state index < -0.39 is 0 Å². The highest BCUT2D eigenvalue weighted by atomic mass is 32.2. The van der Waals surface area contributed by atoms with Crippen molar-refractivity contribution in [3.05, 3.63) is 23.7 Å². The number of amidine groups is 1. The van der Waals surface area contributed by atoms with Gasteiger partial charge in [0, 0.05) is 11.3 Å². The van der Waals surface area contributed by atoms with E-state index in [9.17, 15) is 0 Å². The molecule has 1 saturated carbocycles. The summed E-state index contributed by atoms with van der Waals surface area (Å²) >= 11 is 1.87. The SMILES string of the molecule is Cc1ccc(C(C)N=C2NC3(CCCCC3)CS2)o1. The molecule has 4 heteroatoms. The summed E-state index contributed by atoms with van der Waals surface area (Å²) in [6.45, 7) is 4.07. The van der Waals surface area contributed by atoms with Crippen LogP contribution in [0.2, 0.25) is 0 Å². The average molecular weight is 278 g/mol. The molecule has 19 heavy (non-hydrogen) atoms. The van der Waals surface area contributed by atoms with Crippen LogP contribution in [0.3, 0.4) is 0 Å². The highest BCUT2D eigenvalue weighted by Crippen LogP contribution is 2.36. The molecule has 1 spiro atoms. The highest BCUT2D eigenvalue weighted by Gasteiger charge is 2.38. The number of hydrogen-bond acceptors (Lipinski definition) is 3. The molecule has 3 rings (SSSR count). The Morgan fingerprint density at radius 1 is 1.32 bits per heavy atom. The largest absolute Gasteiger partial charge is 0.464 e. The fourth-order valence-electron chi connectivity index (χ4n) is 2.99. The molecule has 1 aromatic rings. The van der Waals surface area contributed by atoms with E-state index in [2.05, 4.69) is 12.2 Å². The molecule has 0 bridgehead atoms. The van der Waals surface area contributed by atoms with Crippen molar-refractivity contribution in [1.29, 1.82) is 0 Å². The summed E-state index contributed by atoms with van der Waals surface area (Å²) in [6.07, 6.45) is 6.70. The van der Waals surface area contributed by atoms with Gasteiger partial charge in [-0.15, -0.1) is 0 Å². The van der Waals surface area contributed by atoms with Gasteiger partial charge in [0.15, 0.2) is 5.17 Å². The molecule has 1 aromatic heterocycles. The first-order valence-electron chi connectivity index (χ1n) is 7.22. The number of aliphatic imine (C=N–C) groups is 1. The molecule has 3 nitrogen and oxygen atoms in total. The van der Waals surface area contributed by atoms with Gasteiger partial charge in [-0.3, -0.25) is 4.99 Å². The minimum absolute atomic E-state index is 0.0995. The van der Waals surface area contributed by atoms with Crippen molar-refractivity contribution in [3.63, 3.8) is 0 Å². The minimum atomic E-state index is 0.0995. The topological polar surface area (TPSA) is 37.5 Å². The Kier molecular flexibility index (Phi) is 3.61. The summed E-state index contributed by atoms with van der Waals surface area (Å²) in [5, 5.41) is 4.79. The zero-order chi connectivity index (χ0) is 13.3. The van der Waals surface area contributed by atoms with Crippen LogP contribution in [0.15, 0.2) is 21.5 Å². The molecular formula is C15H22N2OS. The zero-order valence-corrected chi connectivity index (χ0v) is 12.6. The van der Waals surface area contributed by atoms with Gasteiger partial charge in [0.05, 0.1) is 0 Å². The van der Waals surface area contributed by atoms with Gasteiger partial charge in [-0.2, -0.15) is 0 Å². The van der Waals surface area contributed by atoms with E-state index in [4.69, 9.17) is 9.41 Å². The molecule has 1 aliphatic heterocycles. The number of furan rings is 1. The van der Waals surface area contributed by atoms with Gasteiger partial charge in [0.2, 0.25) is 0 Å². The van der Waals surface area contributed by atoms with Crippen molar-refractivity contribution in [2.45, 2.75) is 57.5 Å². The highest BCUT2D eigenvalue weighted by molar-refractivity contribution is 8.14. The third-order valence-corrected chi connectivity index (χ3v) is 5.33. The maximum Gasteiger partial charge on any atom is 0.157 e. The molecule has 1 aliphatic carbocycles. The monoisotopic (exact) mass is 278 g/mol. The summed E-state index contributed by atoms with van der Waals surface area (Å²) in [7, 11) is 0. The van der Waals surface area contributed by atoms with Gasteiger partial charge >= 0.3 is 0 Å². The van der Waals surface area contributed by atoms with Gasteiger partial charge < -0.3 is 9.73 Å². The van der Waals surface area contributed by atoms with Crippen LogP contribution in [0.4, 0.5) is 0 Å². The predicted octanol–water partition coefficient (Wildman–Crippen LogP) is 4.04. The van der Waals surface area contributed by atoms with Gasteiger partial charge in [-0.1, -0.05) is 31.0 Å². The van der Waals surface area contributed by atoms with Crippen LogP contribution in [0.1, 0.15) is 56.6 Å². The van der Waals surface area contributed by atoms with Crippen LogP contribution in [0.5, 0.6) is 0 Å².